The van der Waals surface area contributed by atoms with Crippen LogP contribution in [0.2, 0.25) is 0 Å². The zero-order valence-corrected chi connectivity index (χ0v) is 10.3. The van der Waals surface area contributed by atoms with Crippen LogP contribution in [0.3, 0.4) is 0 Å². The Bertz CT molecular complexity index is 489. The van der Waals surface area contributed by atoms with Crippen molar-refractivity contribution in [3.8, 4) is 0 Å². The van der Waals surface area contributed by atoms with E-state index in [1.54, 1.807) is 0 Å². The number of fused-ring (bicyclic) bond motifs is 1. The van der Waals surface area contributed by atoms with E-state index in [1.807, 2.05) is 0 Å². The maximum Gasteiger partial charge on any atom is 0.125 e. The van der Waals surface area contributed by atoms with Crippen molar-refractivity contribution in [3.63, 3.8) is 0 Å². The monoisotopic (exact) mass is 211 g/mol. The van der Waals surface area contributed by atoms with Crippen molar-refractivity contribution in [3.05, 3.63) is 55.0 Å². The molecule has 0 bridgehead atoms. The molecule has 0 amide bonds. The fourth-order valence-corrected chi connectivity index (χ4v) is 1.92. The van der Waals surface area contributed by atoms with Crippen LogP contribution in [-0.2, 0) is 0 Å². The van der Waals surface area contributed by atoms with Crippen LogP contribution in [0.1, 0.15) is 32.3 Å². The molecule has 1 atom stereocenters. The number of benzene rings is 2. The van der Waals surface area contributed by atoms with E-state index in [1.165, 1.54) is 16.3 Å². The Morgan fingerprint density at radius 1 is 0.938 bits per heavy atom. The van der Waals surface area contributed by atoms with Gasteiger partial charge in [0.2, 0.25) is 0 Å². The van der Waals surface area contributed by atoms with Crippen molar-refractivity contribution in [2.75, 3.05) is 0 Å². The second-order valence-corrected chi connectivity index (χ2v) is 5.53. The number of hydrogen-bond acceptors (Lipinski definition) is 0. The highest BCUT2D eigenvalue weighted by molar-refractivity contribution is 5.83. The van der Waals surface area contributed by atoms with Crippen molar-refractivity contribution in [2.45, 2.75) is 26.7 Å². The first-order valence-electron chi connectivity index (χ1n) is 5.80. The lowest BCUT2D eigenvalue weighted by Gasteiger charge is -2.22. The van der Waals surface area contributed by atoms with Gasteiger partial charge in [0.05, 0.1) is 6.92 Å². The fraction of sp³-hybridized carbons (Fsp3) is 0.312. The molecule has 0 N–H and O–H groups in total. The molecule has 2 aromatic rings. The highest BCUT2D eigenvalue weighted by Crippen LogP contribution is 2.35. The SMILES string of the molecule is [CH2+]C(c1ccc2ccccc2c1)C(C)(C)C. The van der Waals surface area contributed by atoms with Crippen LogP contribution in [0, 0.1) is 12.3 Å². The summed E-state index contributed by atoms with van der Waals surface area (Å²) >= 11 is 0. The zero-order chi connectivity index (χ0) is 11.8. The van der Waals surface area contributed by atoms with Gasteiger partial charge in [-0.05, 0) is 16.8 Å². The molecule has 0 nitrogen and oxygen atoms in total. The lowest BCUT2D eigenvalue weighted by Crippen LogP contribution is -2.15. The molecule has 0 heterocycles. The topological polar surface area (TPSA) is 0 Å². The van der Waals surface area contributed by atoms with Crippen LogP contribution in [0.25, 0.3) is 10.8 Å². The van der Waals surface area contributed by atoms with Gasteiger partial charge >= 0.3 is 0 Å². The van der Waals surface area contributed by atoms with E-state index in [0.29, 0.717) is 5.92 Å². The predicted octanol–water partition coefficient (Wildman–Crippen LogP) is 4.80. The normalized spacial score (nSPS) is 13.9. The molecule has 82 valence electrons. The van der Waals surface area contributed by atoms with Crippen LogP contribution in [0.5, 0.6) is 0 Å². The first kappa shape index (κ1) is 11.1. The van der Waals surface area contributed by atoms with Crippen molar-refractivity contribution < 1.29 is 0 Å². The second kappa shape index (κ2) is 3.86. The highest BCUT2D eigenvalue weighted by atomic mass is 14.3. The molecule has 0 heteroatoms. The summed E-state index contributed by atoms with van der Waals surface area (Å²) < 4.78 is 0. The molecule has 0 aromatic heterocycles. The minimum absolute atomic E-state index is 0.211. The summed E-state index contributed by atoms with van der Waals surface area (Å²) in [4.78, 5) is 0. The smallest absolute Gasteiger partial charge is 0.0616 e. The summed E-state index contributed by atoms with van der Waals surface area (Å²) in [7, 11) is 0. The van der Waals surface area contributed by atoms with Crippen LogP contribution in [0.4, 0.5) is 0 Å². The summed E-state index contributed by atoms with van der Waals surface area (Å²) in [5.74, 6) is 0.331. The summed E-state index contributed by atoms with van der Waals surface area (Å²) in [5.41, 5.74) is 1.54. The molecule has 0 spiro atoms. The Hall–Kier alpha value is -1.43. The van der Waals surface area contributed by atoms with Gasteiger partial charge in [-0.1, -0.05) is 57.2 Å². The average molecular weight is 211 g/mol. The van der Waals surface area contributed by atoms with Crippen LogP contribution >= 0.6 is 0 Å². The fourth-order valence-electron chi connectivity index (χ4n) is 1.92. The van der Waals surface area contributed by atoms with Crippen molar-refractivity contribution in [1.29, 1.82) is 0 Å². The third-order valence-electron chi connectivity index (χ3n) is 3.22. The second-order valence-electron chi connectivity index (χ2n) is 5.53. The Labute approximate surface area is 98.3 Å². The molecule has 0 fully saturated rings. The number of rotatable bonds is 1. The van der Waals surface area contributed by atoms with Gasteiger partial charge < -0.3 is 0 Å². The first-order chi connectivity index (χ1) is 7.48. The van der Waals surface area contributed by atoms with E-state index < -0.39 is 0 Å². The lowest BCUT2D eigenvalue weighted by molar-refractivity contribution is 0.364. The standard InChI is InChI=1S/C16H19/c1-12(16(2,3)4)14-10-9-13-7-5-6-8-15(13)11-14/h5-12H,1H2,2-4H3/q+1. The van der Waals surface area contributed by atoms with Gasteiger partial charge in [-0.25, -0.2) is 0 Å². The van der Waals surface area contributed by atoms with E-state index in [-0.39, 0.29) is 5.41 Å². The predicted molar refractivity (Wildman–Crippen MR) is 71.5 cm³/mol. The van der Waals surface area contributed by atoms with E-state index in [0.717, 1.165) is 0 Å². The molecular weight excluding hydrogens is 192 g/mol. The molecule has 0 saturated carbocycles. The Kier molecular flexibility index (Phi) is 2.67. The van der Waals surface area contributed by atoms with Crippen LogP contribution in [-0.4, -0.2) is 0 Å². The average Bonchev–Trinajstić information content (AvgIpc) is 2.26. The molecule has 2 rings (SSSR count). The van der Waals surface area contributed by atoms with E-state index in [9.17, 15) is 0 Å². The van der Waals surface area contributed by atoms with Crippen molar-refractivity contribution >= 4 is 10.8 Å². The van der Waals surface area contributed by atoms with Gasteiger partial charge in [-0.3, -0.25) is 0 Å². The first-order valence-corrected chi connectivity index (χ1v) is 5.80. The van der Waals surface area contributed by atoms with Gasteiger partial charge in [0, 0.05) is 11.0 Å². The van der Waals surface area contributed by atoms with E-state index in [4.69, 9.17) is 0 Å². The molecule has 0 aliphatic rings. The van der Waals surface area contributed by atoms with Gasteiger partial charge in [0.25, 0.3) is 0 Å². The molecule has 0 aliphatic heterocycles. The minimum atomic E-state index is 0.211. The Balaban J connectivity index is 2.47. The minimum Gasteiger partial charge on any atom is -0.0616 e. The quantitative estimate of drug-likeness (QED) is 0.594. The third-order valence-corrected chi connectivity index (χ3v) is 3.22. The molecule has 0 radical (unpaired) electrons. The van der Waals surface area contributed by atoms with Gasteiger partial charge in [-0.15, -0.1) is 0 Å². The molecule has 0 saturated heterocycles. The number of hydrogen-bond donors (Lipinski definition) is 0. The van der Waals surface area contributed by atoms with Crippen LogP contribution < -0.4 is 0 Å². The highest BCUT2D eigenvalue weighted by Gasteiger charge is 2.27. The summed E-state index contributed by atoms with van der Waals surface area (Å²) in [6.07, 6.45) is 0. The molecule has 16 heavy (non-hydrogen) atoms. The molecule has 2 aromatic carbocycles. The third kappa shape index (κ3) is 2.06. The summed E-state index contributed by atoms with van der Waals surface area (Å²) in [5, 5.41) is 2.60. The Morgan fingerprint density at radius 2 is 1.56 bits per heavy atom. The van der Waals surface area contributed by atoms with Gasteiger partial charge in [-0.2, -0.15) is 0 Å². The van der Waals surface area contributed by atoms with E-state index in [2.05, 4.69) is 70.2 Å². The van der Waals surface area contributed by atoms with Crippen molar-refractivity contribution in [2.24, 2.45) is 5.41 Å². The zero-order valence-electron chi connectivity index (χ0n) is 10.3. The molecular formula is C16H19+. The summed E-state index contributed by atoms with van der Waals surface area (Å²) in [6.45, 7) is 11.0. The maximum absolute atomic E-state index is 4.29. The van der Waals surface area contributed by atoms with E-state index >= 15 is 0 Å². The maximum atomic E-state index is 4.29. The largest absolute Gasteiger partial charge is 0.125 e. The molecule has 0 aliphatic carbocycles. The summed E-state index contributed by atoms with van der Waals surface area (Å²) in [6, 6.07) is 15.1. The van der Waals surface area contributed by atoms with Crippen molar-refractivity contribution in [1.82, 2.24) is 0 Å². The Morgan fingerprint density at radius 3 is 2.19 bits per heavy atom. The lowest BCUT2D eigenvalue weighted by atomic mass is 9.77. The van der Waals surface area contributed by atoms with Crippen LogP contribution in [0.15, 0.2) is 42.5 Å². The molecule has 1 unspecified atom stereocenters. The van der Waals surface area contributed by atoms with Gasteiger partial charge in [0.1, 0.15) is 5.92 Å². The van der Waals surface area contributed by atoms with Gasteiger partial charge in [0.15, 0.2) is 0 Å².